The third-order valence-electron chi connectivity index (χ3n) is 5.22. The van der Waals surface area contributed by atoms with E-state index in [4.69, 9.17) is 10.5 Å². The Kier molecular flexibility index (Phi) is 3.93. The van der Waals surface area contributed by atoms with E-state index in [1.54, 1.807) is 0 Å². The number of allylic oxidation sites excluding steroid dienone is 1. The van der Waals surface area contributed by atoms with Crippen LogP contribution in [-0.4, -0.2) is 0 Å². The van der Waals surface area contributed by atoms with Gasteiger partial charge in [-0.1, -0.05) is 81.4 Å². The number of rotatable bonds is 1. The summed E-state index contributed by atoms with van der Waals surface area (Å²) in [7, 11) is 0. The molecule has 2 N–H and O–H groups in total. The molecule has 1 aliphatic rings. The molecule has 0 aromatic heterocycles. The van der Waals surface area contributed by atoms with Crippen molar-refractivity contribution in [1.82, 2.24) is 0 Å². The third kappa shape index (κ3) is 2.84. The molecule has 0 aliphatic carbocycles. The number of nitrogens with two attached hydrogens (primary N) is 1. The maximum absolute atomic E-state index is 9.75. The van der Waals surface area contributed by atoms with Crippen LogP contribution in [0.2, 0.25) is 0 Å². The Hall–Kier alpha value is -3.25. The first-order valence-corrected chi connectivity index (χ1v) is 9.10. The molecule has 0 saturated heterocycles. The molecular weight excluding hydrogens is 332 g/mol. The molecule has 0 radical (unpaired) electrons. The van der Waals surface area contributed by atoms with Crippen LogP contribution >= 0.6 is 0 Å². The topological polar surface area (TPSA) is 59.0 Å². The summed E-state index contributed by atoms with van der Waals surface area (Å²) in [6, 6.07) is 22.9. The van der Waals surface area contributed by atoms with Gasteiger partial charge in [-0.2, -0.15) is 5.26 Å². The molecule has 4 rings (SSSR count). The average Bonchev–Trinajstić information content (AvgIpc) is 2.66. The van der Waals surface area contributed by atoms with Gasteiger partial charge < -0.3 is 10.5 Å². The van der Waals surface area contributed by atoms with Crippen molar-refractivity contribution in [2.45, 2.75) is 32.1 Å². The number of nitrogens with zero attached hydrogens (tertiary/aromatic N) is 1. The van der Waals surface area contributed by atoms with Crippen LogP contribution < -0.4 is 10.5 Å². The Morgan fingerprint density at radius 2 is 1.67 bits per heavy atom. The normalized spacial score (nSPS) is 16.6. The van der Waals surface area contributed by atoms with Gasteiger partial charge in [0.1, 0.15) is 17.4 Å². The minimum Gasteiger partial charge on any atom is -0.440 e. The van der Waals surface area contributed by atoms with Crippen LogP contribution in [0.15, 0.2) is 72.1 Å². The molecule has 3 nitrogen and oxygen atoms in total. The van der Waals surface area contributed by atoms with Crippen molar-refractivity contribution < 1.29 is 4.74 Å². The van der Waals surface area contributed by atoms with Gasteiger partial charge in [-0.25, -0.2) is 0 Å². The lowest BCUT2D eigenvalue weighted by Gasteiger charge is -2.28. The van der Waals surface area contributed by atoms with E-state index in [0.29, 0.717) is 5.57 Å². The largest absolute Gasteiger partial charge is 0.440 e. The molecule has 0 fully saturated rings. The minimum atomic E-state index is -0.225. The maximum atomic E-state index is 9.75. The zero-order valence-electron chi connectivity index (χ0n) is 15.8. The van der Waals surface area contributed by atoms with Crippen molar-refractivity contribution in [3.05, 3.63) is 88.8 Å². The van der Waals surface area contributed by atoms with Crippen molar-refractivity contribution >= 4 is 10.8 Å². The quantitative estimate of drug-likeness (QED) is 0.640. The van der Waals surface area contributed by atoms with E-state index >= 15 is 0 Å². The van der Waals surface area contributed by atoms with Crippen molar-refractivity contribution in [3.8, 4) is 11.8 Å². The van der Waals surface area contributed by atoms with E-state index < -0.39 is 0 Å². The summed E-state index contributed by atoms with van der Waals surface area (Å²) in [6.07, 6.45) is 0. The second-order valence-electron chi connectivity index (χ2n) is 8.00. The molecule has 0 bridgehead atoms. The van der Waals surface area contributed by atoms with Gasteiger partial charge in [0.05, 0.1) is 5.92 Å². The number of hydrogen-bond acceptors (Lipinski definition) is 3. The Balaban J connectivity index is 1.92. The van der Waals surface area contributed by atoms with Crippen LogP contribution in [0, 0.1) is 11.3 Å². The van der Waals surface area contributed by atoms with Gasteiger partial charge in [-0.05, 0) is 21.9 Å². The highest BCUT2D eigenvalue weighted by molar-refractivity contribution is 5.90. The van der Waals surface area contributed by atoms with Gasteiger partial charge in [-0.15, -0.1) is 0 Å². The van der Waals surface area contributed by atoms with Gasteiger partial charge in [0, 0.05) is 10.9 Å². The van der Waals surface area contributed by atoms with Crippen molar-refractivity contribution in [2.75, 3.05) is 0 Å². The van der Waals surface area contributed by atoms with Crippen LogP contribution in [0.1, 0.15) is 43.4 Å². The fourth-order valence-corrected chi connectivity index (χ4v) is 3.71. The summed E-state index contributed by atoms with van der Waals surface area (Å²) >= 11 is 0. The van der Waals surface area contributed by atoms with E-state index in [9.17, 15) is 5.26 Å². The number of nitriles is 1. The minimum absolute atomic E-state index is 0.0786. The van der Waals surface area contributed by atoms with E-state index in [2.05, 4.69) is 57.2 Å². The third-order valence-corrected chi connectivity index (χ3v) is 5.22. The highest BCUT2D eigenvalue weighted by Crippen LogP contribution is 2.45. The van der Waals surface area contributed by atoms with Gasteiger partial charge in [-0.3, -0.25) is 0 Å². The van der Waals surface area contributed by atoms with Crippen molar-refractivity contribution in [1.29, 1.82) is 5.26 Å². The maximum Gasteiger partial charge on any atom is 0.205 e. The van der Waals surface area contributed by atoms with Crippen LogP contribution in [0.25, 0.3) is 10.8 Å². The summed E-state index contributed by atoms with van der Waals surface area (Å²) in [5.41, 5.74) is 9.97. The van der Waals surface area contributed by atoms with Gasteiger partial charge >= 0.3 is 0 Å². The first-order valence-electron chi connectivity index (χ1n) is 9.10. The Bertz CT molecular complexity index is 1100. The first-order chi connectivity index (χ1) is 12.9. The lowest BCUT2D eigenvalue weighted by Crippen LogP contribution is -2.21. The molecule has 3 aromatic carbocycles. The van der Waals surface area contributed by atoms with Crippen LogP contribution in [0.5, 0.6) is 5.75 Å². The Labute approximate surface area is 159 Å². The van der Waals surface area contributed by atoms with Crippen LogP contribution in [0.3, 0.4) is 0 Å². The van der Waals surface area contributed by atoms with E-state index in [0.717, 1.165) is 27.6 Å². The van der Waals surface area contributed by atoms with Crippen LogP contribution in [-0.2, 0) is 5.41 Å². The zero-order valence-corrected chi connectivity index (χ0v) is 15.8. The van der Waals surface area contributed by atoms with E-state index in [1.165, 1.54) is 5.56 Å². The standard InChI is InChI=1S/C24H22N2O/c1-24(2,3)17-11-8-16(9-12-17)21-19-13-10-15-6-4-5-7-18(15)22(19)27-23(26)20(21)14-25/h4-13,21H,26H2,1-3H3/t21-/m0/s1. The summed E-state index contributed by atoms with van der Waals surface area (Å²) in [5.74, 6) is 0.707. The number of hydrogen-bond donors (Lipinski definition) is 1. The highest BCUT2D eigenvalue weighted by atomic mass is 16.5. The molecule has 3 aromatic rings. The lowest BCUT2D eigenvalue weighted by atomic mass is 9.80. The molecule has 0 spiro atoms. The summed E-state index contributed by atoms with van der Waals surface area (Å²) in [6.45, 7) is 6.57. The molecule has 3 heteroatoms. The van der Waals surface area contributed by atoms with Gasteiger partial charge in [0.25, 0.3) is 0 Å². The fourth-order valence-electron chi connectivity index (χ4n) is 3.71. The van der Waals surface area contributed by atoms with Crippen LogP contribution in [0.4, 0.5) is 0 Å². The Morgan fingerprint density at radius 3 is 2.33 bits per heavy atom. The smallest absolute Gasteiger partial charge is 0.205 e. The second kappa shape index (κ2) is 6.17. The monoisotopic (exact) mass is 354 g/mol. The SMILES string of the molecule is CC(C)(C)c1ccc([C@@H]2C(C#N)=C(N)Oc3c2ccc2ccccc32)cc1. The van der Waals surface area contributed by atoms with Gasteiger partial charge in [0.15, 0.2) is 0 Å². The van der Waals surface area contributed by atoms with E-state index in [1.807, 2.05) is 30.3 Å². The highest BCUT2D eigenvalue weighted by Gasteiger charge is 2.31. The summed E-state index contributed by atoms with van der Waals surface area (Å²) in [5, 5.41) is 11.8. The Morgan fingerprint density at radius 1 is 0.963 bits per heavy atom. The summed E-state index contributed by atoms with van der Waals surface area (Å²) in [4.78, 5) is 0. The fraction of sp³-hybridized carbons (Fsp3) is 0.208. The zero-order chi connectivity index (χ0) is 19.2. The number of fused-ring (bicyclic) bond motifs is 3. The second-order valence-corrected chi connectivity index (χ2v) is 8.00. The molecule has 27 heavy (non-hydrogen) atoms. The lowest BCUT2D eigenvalue weighted by molar-refractivity contribution is 0.398. The summed E-state index contributed by atoms with van der Waals surface area (Å²) < 4.78 is 5.91. The molecule has 1 aliphatic heterocycles. The molecule has 1 atom stereocenters. The van der Waals surface area contributed by atoms with Crippen molar-refractivity contribution in [2.24, 2.45) is 5.73 Å². The predicted molar refractivity (Wildman–Crippen MR) is 108 cm³/mol. The molecule has 0 saturated carbocycles. The molecular formula is C24H22N2O. The van der Waals surface area contributed by atoms with Gasteiger partial charge in [0.2, 0.25) is 5.88 Å². The number of benzene rings is 3. The average molecular weight is 354 g/mol. The molecule has 0 amide bonds. The predicted octanol–water partition coefficient (Wildman–Crippen LogP) is 5.36. The molecule has 134 valence electrons. The number of ether oxygens (including phenoxy) is 1. The van der Waals surface area contributed by atoms with E-state index in [-0.39, 0.29) is 17.2 Å². The molecule has 0 unspecified atom stereocenters. The van der Waals surface area contributed by atoms with Crippen molar-refractivity contribution in [3.63, 3.8) is 0 Å². The first kappa shape index (κ1) is 17.2. The molecule has 1 heterocycles.